The van der Waals surface area contributed by atoms with Gasteiger partial charge in [0.05, 0.1) is 7.11 Å². The zero-order chi connectivity index (χ0) is 15.0. The summed E-state index contributed by atoms with van der Waals surface area (Å²) in [5.74, 6) is 3.23. The number of hydrogen-bond acceptors (Lipinski definition) is 3. The lowest BCUT2D eigenvalue weighted by Crippen LogP contribution is -2.47. The number of rotatable bonds is 2. The molecule has 2 aliphatic rings. The molecule has 0 radical (unpaired) electrons. The molecule has 0 saturated heterocycles. The van der Waals surface area contributed by atoms with E-state index in [1.165, 1.54) is 12.8 Å². The van der Waals surface area contributed by atoms with Crippen molar-refractivity contribution in [2.24, 2.45) is 17.6 Å². The van der Waals surface area contributed by atoms with E-state index in [0.717, 1.165) is 42.2 Å². The summed E-state index contributed by atoms with van der Waals surface area (Å²) in [6.07, 6.45) is 5.77. The van der Waals surface area contributed by atoms with Gasteiger partial charge < -0.3 is 15.2 Å². The van der Waals surface area contributed by atoms with E-state index in [4.69, 9.17) is 15.2 Å². The molecule has 3 atom stereocenters. The fourth-order valence-electron chi connectivity index (χ4n) is 4.04. The highest BCUT2D eigenvalue weighted by Gasteiger charge is 2.44. The molecule has 1 spiro atoms. The van der Waals surface area contributed by atoms with Gasteiger partial charge in [0.15, 0.2) is 0 Å². The van der Waals surface area contributed by atoms with Crippen LogP contribution in [0.3, 0.4) is 0 Å². The van der Waals surface area contributed by atoms with Gasteiger partial charge in [-0.25, -0.2) is 0 Å². The zero-order valence-corrected chi connectivity index (χ0v) is 13.4. The van der Waals surface area contributed by atoms with Gasteiger partial charge in [0, 0.05) is 24.1 Å². The Labute approximate surface area is 127 Å². The van der Waals surface area contributed by atoms with Gasteiger partial charge in [-0.2, -0.15) is 0 Å². The molecule has 0 aromatic heterocycles. The summed E-state index contributed by atoms with van der Waals surface area (Å²) < 4.78 is 11.8. The number of ether oxygens (including phenoxy) is 2. The van der Waals surface area contributed by atoms with Crippen molar-refractivity contribution < 1.29 is 9.47 Å². The van der Waals surface area contributed by atoms with E-state index in [-0.39, 0.29) is 11.6 Å². The van der Waals surface area contributed by atoms with Crippen LogP contribution < -0.4 is 15.2 Å². The second-order valence-electron chi connectivity index (χ2n) is 7.10. The first kappa shape index (κ1) is 14.7. The summed E-state index contributed by atoms with van der Waals surface area (Å²) in [5, 5.41) is 0. The van der Waals surface area contributed by atoms with E-state index in [2.05, 4.69) is 19.9 Å². The van der Waals surface area contributed by atoms with E-state index in [1.807, 2.05) is 12.1 Å². The number of nitrogens with two attached hydrogens (primary N) is 1. The van der Waals surface area contributed by atoms with E-state index in [1.54, 1.807) is 7.11 Å². The van der Waals surface area contributed by atoms with E-state index >= 15 is 0 Å². The highest BCUT2D eigenvalue weighted by atomic mass is 16.5. The molecule has 1 saturated carbocycles. The molecule has 1 aliphatic heterocycles. The average Bonchev–Trinajstić information content (AvgIpc) is 2.46. The minimum atomic E-state index is -0.0635. The third-order valence-electron chi connectivity index (χ3n) is 5.32. The molecule has 0 amide bonds. The maximum atomic E-state index is 6.49. The van der Waals surface area contributed by atoms with Crippen molar-refractivity contribution in [1.29, 1.82) is 0 Å². The predicted octanol–water partition coefficient (Wildman–Crippen LogP) is 4.06. The Balaban J connectivity index is 1.89. The minimum Gasteiger partial charge on any atom is -0.497 e. The summed E-state index contributed by atoms with van der Waals surface area (Å²) in [6.45, 7) is 4.65. The van der Waals surface area contributed by atoms with Crippen LogP contribution in [0.2, 0.25) is 0 Å². The van der Waals surface area contributed by atoms with Gasteiger partial charge in [-0.1, -0.05) is 19.9 Å². The Kier molecular flexibility index (Phi) is 3.87. The summed E-state index contributed by atoms with van der Waals surface area (Å²) in [5.41, 5.74) is 7.50. The molecule has 2 N–H and O–H groups in total. The minimum absolute atomic E-state index is 0.0635. The maximum absolute atomic E-state index is 6.49. The lowest BCUT2D eigenvalue weighted by atomic mass is 9.70. The largest absolute Gasteiger partial charge is 0.497 e. The fourth-order valence-corrected chi connectivity index (χ4v) is 4.04. The monoisotopic (exact) mass is 289 g/mol. The lowest BCUT2D eigenvalue weighted by molar-refractivity contribution is -0.0250. The Morgan fingerprint density at radius 3 is 2.86 bits per heavy atom. The molecule has 3 rings (SSSR count). The Bertz CT molecular complexity index is 514. The van der Waals surface area contributed by atoms with Crippen molar-refractivity contribution >= 4 is 0 Å². The van der Waals surface area contributed by atoms with Gasteiger partial charge >= 0.3 is 0 Å². The third-order valence-corrected chi connectivity index (χ3v) is 5.32. The normalized spacial score (nSPS) is 31.9. The van der Waals surface area contributed by atoms with Gasteiger partial charge in [-0.05, 0) is 43.6 Å². The van der Waals surface area contributed by atoms with Crippen molar-refractivity contribution in [3.05, 3.63) is 23.8 Å². The molecule has 1 fully saturated rings. The first-order valence-electron chi connectivity index (χ1n) is 8.15. The van der Waals surface area contributed by atoms with Crippen LogP contribution in [0.4, 0.5) is 0 Å². The van der Waals surface area contributed by atoms with Crippen LogP contribution in [0.25, 0.3) is 0 Å². The standard InChI is InChI=1S/C18H27NO2/c1-12(2)13-5-4-8-18(10-13)11-16(19)15-7-6-14(20-3)9-17(15)21-18/h6-7,9,12-13,16H,4-5,8,10-11,19H2,1-3H3/t13?,16-,18?/m1/s1. The van der Waals surface area contributed by atoms with Gasteiger partial charge in [0.2, 0.25) is 0 Å². The molecular weight excluding hydrogens is 262 g/mol. The molecule has 3 heteroatoms. The lowest BCUT2D eigenvalue weighted by Gasteiger charge is -2.47. The second kappa shape index (κ2) is 5.53. The average molecular weight is 289 g/mol. The molecule has 21 heavy (non-hydrogen) atoms. The summed E-state index contributed by atoms with van der Waals surface area (Å²) in [7, 11) is 1.69. The summed E-state index contributed by atoms with van der Waals surface area (Å²) in [4.78, 5) is 0. The molecule has 1 aromatic rings. The molecular formula is C18H27NO2. The third kappa shape index (κ3) is 2.76. The first-order chi connectivity index (χ1) is 10.0. The highest BCUT2D eigenvalue weighted by molar-refractivity contribution is 5.44. The van der Waals surface area contributed by atoms with Crippen molar-refractivity contribution in [3.63, 3.8) is 0 Å². The van der Waals surface area contributed by atoms with Crippen molar-refractivity contribution in [1.82, 2.24) is 0 Å². The summed E-state index contributed by atoms with van der Waals surface area (Å²) >= 11 is 0. The van der Waals surface area contributed by atoms with Crippen LogP contribution in [0.5, 0.6) is 11.5 Å². The van der Waals surface area contributed by atoms with E-state index < -0.39 is 0 Å². The van der Waals surface area contributed by atoms with Crippen molar-refractivity contribution in [3.8, 4) is 11.5 Å². The topological polar surface area (TPSA) is 44.5 Å². The molecule has 1 heterocycles. The number of methoxy groups -OCH3 is 1. The Morgan fingerprint density at radius 2 is 2.14 bits per heavy atom. The second-order valence-corrected chi connectivity index (χ2v) is 7.10. The Hall–Kier alpha value is -1.22. The van der Waals surface area contributed by atoms with Crippen LogP contribution in [0, 0.1) is 11.8 Å². The number of fused-ring (bicyclic) bond motifs is 1. The number of benzene rings is 1. The van der Waals surface area contributed by atoms with Crippen molar-refractivity contribution in [2.45, 2.75) is 57.6 Å². The van der Waals surface area contributed by atoms with E-state index in [0.29, 0.717) is 5.92 Å². The molecule has 1 aliphatic carbocycles. The number of hydrogen-bond donors (Lipinski definition) is 1. The smallest absolute Gasteiger partial charge is 0.128 e. The van der Waals surface area contributed by atoms with E-state index in [9.17, 15) is 0 Å². The summed E-state index contributed by atoms with van der Waals surface area (Å²) in [6, 6.07) is 6.09. The molecule has 1 aromatic carbocycles. The fraction of sp³-hybridized carbons (Fsp3) is 0.667. The van der Waals surface area contributed by atoms with Crippen LogP contribution in [0.15, 0.2) is 18.2 Å². The molecule has 116 valence electrons. The quantitative estimate of drug-likeness (QED) is 0.893. The first-order valence-corrected chi connectivity index (χ1v) is 8.15. The van der Waals surface area contributed by atoms with Crippen LogP contribution in [-0.4, -0.2) is 12.7 Å². The van der Waals surface area contributed by atoms with Crippen LogP contribution in [-0.2, 0) is 0 Å². The van der Waals surface area contributed by atoms with Gasteiger partial charge in [0.25, 0.3) is 0 Å². The van der Waals surface area contributed by atoms with Gasteiger partial charge in [-0.3, -0.25) is 0 Å². The predicted molar refractivity (Wildman–Crippen MR) is 84.7 cm³/mol. The SMILES string of the molecule is COc1ccc2c(c1)OC1(CCCC(C(C)C)C1)C[C@H]2N. The molecule has 3 nitrogen and oxygen atoms in total. The van der Waals surface area contributed by atoms with Crippen LogP contribution in [0.1, 0.15) is 57.6 Å². The van der Waals surface area contributed by atoms with Gasteiger partial charge in [0.1, 0.15) is 17.1 Å². The zero-order valence-electron chi connectivity index (χ0n) is 13.4. The molecule has 2 unspecified atom stereocenters. The van der Waals surface area contributed by atoms with Crippen molar-refractivity contribution in [2.75, 3.05) is 7.11 Å². The maximum Gasteiger partial charge on any atom is 0.128 e. The molecule has 0 bridgehead atoms. The van der Waals surface area contributed by atoms with Crippen LogP contribution >= 0.6 is 0 Å². The Morgan fingerprint density at radius 1 is 1.33 bits per heavy atom. The highest BCUT2D eigenvalue weighted by Crippen LogP contribution is 2.48. The van der Waals surface area contributed by atoms with Gasteiger partial charge in [-0.15, -0.1) is 0 Å².